The quantitative estimate of drug-likeness (QED) is 0.198. The number of amides is 1. The lowest BCUT2D eigenvalue weighted by molar-refractivity contribution is -0.117. The van der Waals surface area contributed by atoms with E-state index in [1.807, 2.05) is 43.3 Å². The second kappa shape index (κ2) is 10.8. The third kappa shape index (κ3) is 5.12. The van der Waals surface area contributed by atoms with E-state index in [9.17, 15) is 9.18 Å². The number of aryl methyl sites for hydroxylation is 1. The zero-order valence-corrected chi connectivity index (χ0v) is 23.0. The number of aromatic nitrogens is 6. The fraction of sp³-hybridized carbons (Fsp3) is 0.219. The van der Waals surface area contributed by atoms with Gasteiger partial charge in [-0.25, -0.2) is 9.37 Å². The molecule has 0 aliphatic carbocycles. The van der Waals surface area contributed by atoms with Crippen molar-refractivity contribution in [2.24, 2.45) is 5.92 Å². The zero-order valence-electron chi connectivity index (χ0n) is 23.0. The Kier molecular flexibility index (Phi) is 6.67. The summed E-state index contributed by atoms with van der Waals surface area (Å²) >= 11 is 0. The van der Waals surface area contributed by atoms with Gasteiger partial charge in [-0.05, 0) is 92.9 Å². The summed E-state index contributed by atoms with van der Waals surface area (Å²) in [6, 6.07) is 14.5. The Balaban J connectivity index is 1.20. The van der Waals surface area contributed by atoms with E-state index in [1.54, 1.807) is 18.6 Å². The van der Waals surface area contributed by atoms with Crippen LogP contribution in [0.3, 0.4) is 0 Å². The van der Waals surface area contributed by atoms with Gasteiger partial charge in [0.1, 0.15) is 17.0 Å². The first-order valence-electron chi connectivity index (χ1n) is 14.1. The number of H-pyrrole nitrogens is 2. The van der Waals surface area contributed by atoms with Crippen LogP contribution in [0.15, 0.2) is 67.1 Å². The number of anilines is 1. The van der Waals surface area contributed by atoms with Crippen molar-refractivity contribution < 1.29 is 9.18 Å². The van der Waals surface area contributed by atoms with Crippen LogP contribution in [0.25, 0.3) is 55.8 Å². The molecule has 0 unspecified atom stereocenters. The van der Waals surface area contributed by atoms with Gasteiger partial charge in [0.05, 0.1) is 34.5 Å². The van der Waals surface area contributed by atoms with E-state index in [-0.39, 0.29) is 11.7 Å². The molecule has 10 heteroatoms. The van der Waals surface area contributed by atoms with Gasteiger partial charge >= 0.3 is 0 Å². The number of fused-ring (bicyclic) bond motifs is 2. The van der Waals surface area contributed by atoms with Crippen molar-refractivity contribution in [1.29, 1.82) is 0 Å². The largest absolute Gasteiger partial charge is 0.353 e. The first kappa shape index (κ1) is 26.0. The molecule has 9 nitrogen and oxygen atoms in total. The van der Waals surface area contributed by atoms with Crippen molar-refractivity contribution in [3.05, 3.63) is 78.5 Å². The predicted molar refractivity (Wildman–Crippen MR) is 161 cm³/mol. The topological polar surface area (TPSA) is 124 Å². The van der Waals surface area contributed by atoms with Gasteiger partial charge in [0.2, 0.25) is 5.91 Å². The van der Waals surface area contributed by atoms with Crippen molar-refractivity contribution in [2.75, 3.05) is 18.4 Å². The van der Waals surface area contributed by atoms with Crippen LogP contribution in [-0.4, -0.2) is 49.1 Å². The highest BCUT2D eigenvalue weighted by Gasteiger charge is 2.18. The van der Waals surface area contributed by atoms with E-state index in [0.29, 0.717) is 46.2 Å². The molecule has 6 heterocycles. The minimum Gasteiger partial charge on any atom is -0.353 e. The van der Waals surface area contributed by atoms with Crippen LogP contribution in [0.4, 0.5) is 10.1 Å². The standard InChI is InChI=1S/C32H29FN8O/c1-18-10-20(13-22(33)11-18)30-24-15-28(38-26(24)6-9-36-30)32-31-27(40-41-32)3-2-25(39-31)21-14-23(17-35-16-21)37-29(42)12-19-4-7-34-8-5-19/h2-3,6,9-11,13-17,19,34,38H,4-5,7-8,12H2,1H3,(H,37,42)(H,40,41). The third-order valence-electron chi connectivity index (χ3n) is 7.78. The maximum absolute atomic E-state index is 14.2. The van der Waals surface area contributed by atoms with Gasteiger partial charge in [0.15, 0.2) is 0 Å². The second-order valence-electron chi connectivity index (χ2n) is 10.9. The average molecular weight is 561 g/mol. The number of aromatic amines is 2. The number of nitrogens with zero attached hydrogens (tertiary/aromatic N) is 4. The smallest absolute Gasteiger partial charge is 0.224 e. The summed E-state index contributed by atoms with van der Waals surface area (Å²) in [6.07, 6.45) is 7.64. The maximum atomic E-state index is 14.2. The molecule has 7 rings (SSSR count). The van der Waals surface area contributed by atoms with Gasteiger partial charge in [0.25, 0.3) is 0 Å². The molecule has 1 aliphatic heterocycles. The number of piperidine rings is 1. The lowest BCUT2D eigenvalue weighted by Gasteiger charge is -2.21. The van der Waals surface area contributed by atoms with Crippen LogP contribution in [0.5, 0.6) is 0 Å². The molecule has 6 aromatic rings. The molecule has 210 valence electrons. The summed E-state index contributed by atoms with van der Waals surface area (Å²) < 4.78 is 14.2. The molecule has 0 atom stereocenters. The van der Waals surface area contributed by atoms with Crippen molar-refractivity contribution in [3.63, 3.8) is 0 Å². The van der Waals surface area contributed by atoms with E-state index < -0.39 is 0 Å². The van der Waals surface area contributed by atoms with Gasteiger partial charge in [-0.15, -0.1) is 0 Å². The summed E-state index contributed by atoms with van der Waals surface area (Å²) in [5.41, 5.74) is 8.13. The Morgan fingerprint density at radius 1 is 1.00 bits per heavy atom. The molecule has 1 aromatic carbocycles. The Morgan fingerprint density at radius 2 is 1.88 bits per heavy atom. The molecule has 0 radical (unpaired) electrons. The van der Waals surface area contributed by atoms with Crippen LogP contribution >= 0.6 is 0 Å². The Hall–Kier alpha value is -4.96. The van der Waals surface area contributed by atoms with Crippen LogP contribution in [0.1, 0.15) is 24.8 Å². The van der Waals surface area contributed by atoms with Gasteiger partial charge in [-0.2, -0.15) is 5.10 Å². The number of halogens is 1. The molecular formula is C32H29FN8O. The number of pyridine rings is 3. The highest BCUT2D eigenvalue weighted by atomic mass is 19.1. The summed E-state index contributed by atoms with van der Waals surface area (Å²) in [5, 5.41) is 14.8. The van der Waals surface area contributed by atoms with Crippen molar-refractivity contribution in [2.45, 2.75) is 26.2 Å². The molecule has 0 saturated carbocycles. The normalized spacial score (nSPS) is 14.0. The molecule has 1 fully saturated rings. The summed E-state index contributed by atoms with van der Waals surface area (Å²) in [7, 11) is 0. The molecular weight excluding hydrogens is 531 g/mol. The van der Waals surface area contributed by atoms with Crippen LogP contribution in [0.2, 0.25) is 0 Å². The molecule has 0 bridgehead atoms. The Morgan fingerprint density at radius 3 is 2.74 bits per heavy atom. The molecule has 4 N–H and O–H groups in total. The third-order valence-corrected chi connectivity index (χ3v) is 7.78. The summed E-state index contributed by atoms with van der Waals surface area (Å²) in [5.74, 6) is 0.109. The van der Waals surface area contributed by atoms with Crippen molar-refractivity contribution >= 4 is 33.5 Å². The average Bonchev–Trinajstić information content (AvgIpc) is 3.61. The number of hydrogen-bond acceptors (Lipinski definition) is 6. The van der Waals surface area contributed by atoms with Crippen molar-refractivity contribution in [1.82, 2.24) is 35.5 Å². The first-order valence-corrected chi connectivity index (χ1v) is 14.1. The summed E-state index contributed by atoms with van der Waals surface area (Å²) in [6.45, 7) is 3.79. The number of nitrogens with one attached hydrogen (secondary N) is 4. The van der Waals surface area contributed by atoms with Gasteiger partial charge < -0.3 is 15.6 Å². The Bertz CT molecular complexity index is 1920. The lowest BCUT2D eigenvalue weighted by atomic mass is 9.94. The molecule has 42 heavy (non-hydrogen) atoms. The molecule has 0 spiro atoms. The monoisotopic (exact) mass is 560 g/mol. The maximum Gasteiger partial charge on any atom is 0.224 e. The van der Waals surface area contributed by atoms with Crippen molar-refractivity contribution in [3.8, 4) is 33.9 Å². The van der Waals surface area contributed by atoms with E-state index in [4.69, 9.17) is 4.98 Å². The second-order valence-corrected chi connectivity index (χ2v) is 10.9. The zero-order chi connectivity index (χ0) is 28.6. The van der Waals surface area contributed by atoms with E-state index >= 15 is 0 Å². The van der Waals surface area contributed by atoms with Gasteiger partial charge in [-0.3, -0.25) is 19.9 Å². The van der Waals surface area contributed by atoms with Crippen LogP contribution < -0.4 is 10.6 Å². The van der Waals surface area contributed by atoms with Crippen LogP contribution in [0, 0.1) is 18.7 Å². The first-order chi connectivity index (χ1) is 20.5. The number of carbonyl (C=O) groups is 1. The highest BCUT2D eigenvalue weighted by Crippen LogP contribution is 2.34. The predicted octanol–water partition coefficient (Wildman–Crippen LogP) is 6.01. The number of carbonyl (C=O) groups excluding carboxylic acids is 1. The number of rotatable bonds is 6. The van der Waals surface area contributed by atoms with E-state index in [1.165, 1.54) is 12.1 Å². The minimum atomic E-state index is -0.297. The molecule has 1 saturated heterocycles. The Labute approximate surface area is 241 Å². The molecule has 1 amide bonds. The minimum absolute atomic E-state index is 0.00227. The molecule has 1 aliphatic rings. The summed E-state index contributed by atoms with van der Waals surface area (Å²) in [4.78, 5) is 30.0. The number of benzene rings is 1. The fourth-order valence-corrected chi connectivity index (χ4v) is 5.74. The fourth-order valence-electron chi connectivity index (χ4n) is 5.74. The number of hydrogen-bond donors (Lipinski definition) is 4. The van der Waals surface area contributed by atoms with E-state index in [2.05, 4.69) is 35.8 Å². The van der Waals surface area contributed by atoms with Crippen LogP contribution in [-0.2, 0) is 4.79 Å². The molecule has 5 aromatic heterocycles. The van der Waals surface area contributed by atoms with E-state index in [0.717, 1.165) is 59.2 Å². The highest BCUT2D eigenvalue weighted by molar-refractivity contribution is 5.99. The lowest BCUT2D eigenvalue weighted by Crippen LogP contribution is -2.30. The SMILES string of the molecule is Cc1cc(F)cc(-c2nccc3[nH]c(-c4n[nH]c5ccc(-c6cncc(NC(=O)CC7CCNCC7)c6)nc45)cc23)c1. The van der Waals surface area contributed by atoms with Gasteiger partial charge in [0, 0.05) is 40.8 Å². The van der Waals surface area contributed by atoms with Gasteiger partial charge in [-0.1, -0.05) is 0 Å².